The molecule has 2 amide bonds. The van der Waals surface area contributed by atoms with E-state index < -0.39 is 16.5 Å². The molecule has 0 aliphatic rings. The Labute approximate surface area is 145 Å². The Hall–Kier alpha value is -2.02. The SMILES string of the molecule is CCCC(C=O)(Cc1ccc(C(C)S(=O)NC(C)=O)cc1)NC=O. The van der Waals surface area contributed by atoms with Crippen LogP contribution >= 0.6 is 0 Å². The third kappa shape index (κ3) is 5.56. The van der Waals surface area contributed by atoms with E-state index in [1.165, 1.54) is 6.92 Å². The summed E-state index contributed by atoms with van der Waals surface area (Å²) in [7, 11) is -1.49. The Balaban J connectivity index is 2.89. The molecule has 0 spiro atoms. The lowest BCUT2D eigenvalue weighted by Gasteiger charge is -2.27. The molecular weight excluding hydrogens is 328 g/mol. The van der Waals surface area contributed by atoms with E-state index in [1.807, 2.05) is 31.2 Å². The molecule has 0 radical (unpaired) electrons. The lowest BCUT2D eigenvalue weighted by atomic mass is 9.87. The quantitative estimate of drug-likeness (QED) is 0.625. The molecule has 132 valence electrons. The minimum absolute atomic E-state index is 0.341. The predicted molar refractivity (Wildman–Crippen MR) is 93.4 cm³/mol. The summed E-state index contributed by atoms with van der Waals surface area (Å²) in [4.78, 5) is 33.3. The monoisotopic (exact) mass is 352 g/mol. The number of rotatable bonds is 10. The van der Waals surface area contributed by atoms with E-state index in [1.54, 1.807) is 6.92 Å². The Kier molecular flexibility index (Phi) is 7.78. The van der Waals surface area contributed by atoms with Crippen LogP contribution in [0.15, 0.2) is 24.3 Å². The Morgan fingerprint density at radius 2 is 1.92 bits per heavy atom. The second-order valence-corrected chi connectivity index (χ2v) is 7.31. The summed E-state index contributed by atoms with van der Waals surface area (Å²) in [5.74, 6) is -0.341. The predicted octanol–water partition coefficient (Wildman–Crippen LogP) is 1.57. The molecule has 24 heavy (non-hydrogen) atoms. The van der Waals surface area contributed by atoms with Crippen molar-refractivity contribution in [3.63, 3.8) is 0 Å². The molecule has 0 aliphatic heterocycles. The molecule has 3 atom stereocenters. The lowest BCUT2D eigenvalue weighted by Crippen LogP contribution is -2.48. The zero-order valence-corrected chi connectivity index (χ0v) is 15.0. The number of hydrogen-bond donors (Lipinski definition) is 2. The van der Waals surface area contributed by atoms with Crippen LogP contribution in [0, 0.1) is 0 Å². The molecule has 1 aromatic rings. The molecule has 3 unspecified atom stereocenters. The van der Waals surface area contributed by atoms with E-state index >= 15 is 0 Å². The fourth-order valence-electron chi connectivity index (χ4n) is 2.53. The van der Waals surface area contributed by atoms with Gasteiger partial charge in [-0.15, -0.1) is 0 Å². The summed E-state index contributed by atoms with van der Waals surface area (Å²) in [6.07, 6.45) is 3.06. The van der Waals surface area contributed by atoms with E-state index in [-0.39, 0.29) is 11.2 Å². The molecule has 0 aromatic heterocycles. The van der Waals surface area contributed by atoms with Gasteiger partial charge in [0, 0.05) is 13.3 Å². The van der Waals surface area contributed by atoms with Crippen molar-refractivity contribution < 1.29 is 18.6 Å². The first kappa shape index (κ1) is 20.0. The second kappa shape index (κ2) is 9.32. The number of hydrogen-bond acceptors (Lipinski definition) is 4. The molecule has 0 heterocycles. The van der Waals surface area contributed by atoms with Gasteiger partial charge in [0.05, 0.1) is 10.8 Å². The Bertz CT molecular complexity index is 603. The molecule has 1 rings (SSSR count). The van der Waals surface area contributed by atoms with E-state index in [4.69, 9.17) is 0 Å². The van der Waals surface area contributed by atoms with Crippen LogP contribution in [0.2, 0.25) is 0 Å². The molecule has 6 nitrogen and oxygen atoms in total. The summed E-state index contributed by atoms with van der Waals surface area (Å²) in [5.41, 5.74) is 0.815. The number of aldehydes is 1. The van der Waals surface area contributed by atoms with Gasteiger partial charge in [-0.2, -0.15) is 0 Å². The van der Waals surface area contributed by atoms with Crippen LogP contribution in [-0.2, 0) is 31.8 Å². The topological polar surface area (TPSA) is 92.3 Å². The highest BCUT2D eigenvalue weighted by Gasteiger charge is 2.28. The van der Waals surface area contributed by atoms with Crippen LogP contribution in [0.5, 0.6) is 0 Å². The van der Waals surface area contributed by atoms with Gasteiger partial charge in [0.15, 0.2) is 0 Å². The second-order valence-electron chi connectivity index (χ2n) is 5.80. The van der Waals surface area contributed by atoms with Crippen molar-refractivity contribution >= 4 is 29.6 Å². The molecule has 0 saturated carbocycles. The third-order valence-corrected chi connectivity index (χ3v) is 5.21. The first-order chi connectivity index (χ1) is 11.4. The maximum Gasteiger partial charge on any atom is 0.228 e. The minimum Gasteiger partial charge on any atom is -0.346 e. The maximum atomic E-state index is 12.0. The van der Waals surface area contributed by atoms with Crippen LogP contribution in [0.3, 0.4) is 0 Å². The maximum absolute atomic E-state index is 12.0. The van der Waals surface area contributed by atoms with Gasteiger partial charge in [0.2, 0.25) is 12.3 Å². The summed E-state index contributed by atoms with van der Waals surface area (Å²) in [5, 5.41) is 2.28. The number of carbonyl (C=O) groups excluding carboxylic acids is 3. The zero-order valence-electron chi connectivity index (χ0n) is 14.2. The van der Waals surface area contributed by atoms with Gasteiger partial charge >= 0.3 is 0 Å². The first-order valence-corrected chi connectivity index (χ1v) is 9.03. The molecular formula is C17H24N2O4S. The van der Waals surface area contributed by atoms with Crippen molar-refractivity contribution in [2.45, 2.75) is 50.8 Å². The van der Waals surface area contributed by atoms with Crippen molar-refractivity contribution in [1.82, 2.24) is 10.0 Å². The van der Waals surface area contributed by atoms with Crippen LogP contribution in [0.25, 0.3) is 0 Å². The van der Waals surface area contributed by atoms with E-state index in [2.05, 4.69) is 10.0 Å². The van der Waals surface area contributed by atoms with E-state index in [0.29, 0.717) is 19.3 Å². The van der Waals surface area contributed by atoms with Gasteiger partial charge in [0.25, 0.3) is 0 Å². The van der Waals surface area contributed by atoms with Gasteiger partial charge in [-0.1, -0.05) is 37.6 Å². The smallest absolute Gasteiger partial charge is 0.228 e. The lowest BCUT2D eigenvalue weighted by molar-refractivity contribution is -0.119. The van der Waals surface area contributed by atoms with Gasteiger partial charge in [-0.25, -0.2) is 4.21 Å². The summed E-state index contributed by atoms with van der Waals surface area (Å²) >= 11 is 0. The molecule has 1 aromatic carbocycles. The highest BCUT2D eigenvalue weighted by molar-refractivity contribution is 7.83. The van der Waals surface area contributed by atoms with Gasteiger partial charge in [-0.3, -0.25) is 14.3 Å². The van der Waals surface area contributed by atoms with Crippen molar-refractivity contribution in [1.29, 1.82) is 0 Å². The largest absolute Gasteiger partial charge is 0.346 e. The van der Waals surface area contributed by atoms with Crippen LogP contribution < -0.4 is 10.0 Å². The Morgan fingerprint density at radius 3 is 2.38 bits per heavy atom. The van der Waals surface area contributed by atoms with Crippen molar-refractivity contribution in [3.8, 4) is 0 Å². The number of carbonyl (C=O) groups is 3. The normalized spacial score (nSPS) is 15.6. The number of amides is 2. The van der Waals surface area contributed by atoms with Gasteiger partial charge in [-0.05, 0) is 24.5 Å². The summed E-state index contributed by atoms with van der Waals surface area (Å²) in [6.45, 7) is 5.04. The van der Waals surface area contributed by atoms with E-state index in [9.17, 15) is 18.6 Å². The standard InChI is InChI=1S/C17H24N2O4S/c1-4-9-17(11-20,18-12-21)10-15-5-7-16(8-6-15)13(2)24(23)19-14(3)22/h5-8,11-13H,4,9-10H2,1-3H3,(H,18,21)(H,19,22). The summed E-state index contributed by atoms with van der Waals surface area (Å²) in [6, 6.07) is 7.33. The van der Waals surface area contributed by atoms with Crippen LogP contribution in [-0.4, -0.2) is 28.4 Å². The van der Waals surface area contributed by atoms with Crippen LogP contribution in [0.4, 0.5) is 0 Å². The number of benzene rings is 1. The zero-order chi connectivity index (χ0) is 18.2. The minimum atomic E-state index is -1.49. The Morgan fingerprint density at radius 1 is 1.29 bits per heavy atom. The highest BCUT2D eigenvalue weighted by Crippen LogP contribution is 2.22. The summed E-state index contributed by atoms with van der Waals surface area (Å²) < 4.78 is 14.3. The fraction of sp³-hybridized carbons (Fsp3) is 0.471. The average molecular weight is 352 g/mol. The van der Waals surface area contributed by atoms with E-state index in [0.717, 1.165) is 23.8 Å². The molecule has 0 saturated heterocycles. The van der Waals surface area contributed by atoms with Crippen molar-refractivity contribution in [2.24, 2.45) is 0 Å². The highest BCUT2D eigenvalue weighted by atomic mass is 32.2. The number of nitrogens with one attached hydrogen (secondary N) is 2. The first-order valence-electron chi connectivity index (χ1n) is 7.81. The van der Waals surface area contributed by atoms with Crippen molar-refractivity contribution in [3.05, 3.63) is 35.4 Å². The van der Waals surface area contributed by atoms with Crippen molar-refractivity contribution in [2.75, 3.05) is 0 Å². The third-order valence-electron chi connectivity index (χ3n) is 3.80. The molecule has 7 heteroatoms. The van der Waals surface area contributed by atoms with Crippen LogP contribution in [0.1, 0.15) is 50.0 Å². The molecule has 2 N–H and O–H groups in total. The molecule has 0 aliphatic carbocycles. The molecule has 0 bridgehead atoms. The van der Waals surface area contributed by atoms with Gasteiger partial charge < -0.3 is 10.1 Å². The average Bonchev–Trinajstić information content (AvgIpc) is 2.54. The fourth-order valence-corrected chi connectivity index (χ4v) is 3.40. The van der Waals surface area contributed by atoms with Gasteiger partial charge in [0.1, 0.15) is 17.3 Å². The molecule has 0 fully saturated rings.